The molecule has 7 heteroatoms. The van der Waals surface area contributed by atoms with Crippen molar-refractivity contribution in [3.05, 3.63) is 41.9 Å². The number of rotatable bonds is 5. The van der Waals surface area contributed by atoms with Gasteiger partial charge in [-0.05, 0) is 46.1 Å². The number of hydrogen-bond acceptors (Lipinski definition) is 3. The minimum atomic E-state index is 0. The van der Waals surface area contributed by atoms with Crippen LogP contribution in [0.2, 0.25) is 0 Å². The van der Waals surface area contributed by atoms with Gasteiger partial charge in [0, 0.05) is 24.0 Å². The Balaban J connectivity index is 0.00000225. The Kier molecular flexibility index (Phi) is 6.28. The van der Waals surface area contributed by atoms with Gasteiger partial charge in [0.2, 0.25) is 0 Å². The van der Waals surface area contributed by atoms with E-state index in [1.807, 2.05) is 18.7 Å². The maximum Gasteiger partial charge on any atom is 0.0951 e. The van der Waals surface area contributed by atoms with Crippen LogP contribution in [0.5, 0.6) is 0 Å². The predicted octanol–water partition coefficient (Wildman–Crippen LogP) is 5.06. The average molecular weight is 403 g/mol. The van der Waals surface area contributed by atoms with Gasteiger partial charge in [0.05, 0.1) is 42.2 Å². The van der Waals surface area contributed by atoms with E-state index in [0.29, 0.717) is 6.04 Å². The molecule has 6 nitrogen and oxygen atoms in total. The normalized spacial score (nSPS) is 16.1. The molecule has 3 aromatic heterocycles. The van der Waals surface area contributed by atoms with Crippen molar-refractivity contribution in [2.45, 2.75) is 78.4 Å². The molecule has 1 unspecified atom stereocenters. The van der Waals surface area contributed by atoms with Crippen LogP contribution in [0, 0.1) is 20.8 Å². The van der Waals surface area contributed by atoms with Crippen molar-refractivity contribution in [1.29, 1.82) is 0 Å². The number of nitrogens with zero attached hydrogens (tertiary/aromatic N) is 6. The first-order valence-electron chi connectivity index (χ1n) is 10.1. The van der Waals surface area contributed by atoms with Gasteiger partial charge in [0.1, 0.15) is 0 Å². The Labute approximate surface area is 173 Å². The molecule has 1 fully saturated rings. The molecule has 0 spiro atoms. The van der Waals surface area contributed by atoms with Gasteiger partial charge in [-0.1, -0.05) is 19.3 Å². The topological polar surface area (TPSA) is 53.5 Å². The number of aromatic nitrogens is 6. The molecule has 1 aliphatic rings. The second kappa shape index (κ2) is 8.52. The highest BCUT2D eigenvalue weighted by Gasteiger charge is 2.19. The molecule has 152 valence electrons. The van der Waals surface area contributed by atoms with Gasteiger partial charge in [0.25, 0.3) is 0 Å². The lowest BCUT2D eigenvalue weighted by Crippen LogP contribution is -2.16. The summed E-state index contributed by atoms with van der Waals surface area (Å²) in [6.07, 6.45) is 14.5. The number of aryl methyl sites for hydroxylation is 1. The van der Waals surface area contributed by atoms with Crippen LogP contribution >= 0.6 is 12.4 Å². The zero-order chi connectivity index (χ0) is 19.0. The Morgan fingerprint density at radius 2 is 1.86 bits per heavy atom. The Hall–Kier alpha value is -2.08. The first-order chi connectivity index (χ1) is 13.0. The van der Waals surface area contributed by atoms with Crippen molar-refractivity contribution in [3.8, 4) is 11.3 Å². The first-order valence-corrected chi connectivity index (χ1v) is 10.1. The van der Waals surface area contributed by atoms with Crippen LogP contribution in [0.4, 0.5) is 0 Å². The van der Waals surface area contributed by atoms with Crippen molar-refractivity contribution in [1.82, 2.24) is 29.1 Å². The third-order valence-electron chi connectivity index (χ3n) is 6.12. The van der Waals surface area contributed by atoms with Crippen LogP contribution in [-0.4, -0.2) is 29.1 Å². The molecule has 0 saturated heterocycles. The minimum Gasteiger partial charge on any atom is -0.328 e. The lowest BCUT2D eigenvalue weighted by atomic mass is 9.96. The third-order valence-corrected chi connectivity index (χ3v) is 6.12. The second-order valence-electron chi connectivity index (χ2n) is 8.02. The fourth-order valence-corrected chi connectivity index (χ4v) is 4.26. The van der Waals surface area contributed by atoms with E-state index in [2.05, 4.69) is 57.9 Å². The Bertz CT molecular complexity index is 915. The van der Waals surface area contributed by atoms with Crippen molar-refractivity contribution in [2.75, 3.05) is 0 Å². The van der Waals surface area contributed by atoms with Gasteiger partial charge in [-0.15, -0.1) is 12.4 Å². The molecule has 3 aromatic rings. The molecule has 0 N–H and O–H groups in total. The Morgan fingerprint density at radius 3 is 2.54 bits per heavy atom. The quantitative estimate of drug-likeness (QED) is 0.599. The number of hydrogen-bond donors (Lipinski definition) is 0. The van der Waals surface area contributed by atoms with Crippen molar-refractivity contribution in [2.24, 2.45) is 0 Å². The van der Waals surface area contributed by atoms with E-state index in [1.165, 1.54) is 43.4 Å². The predicted molar refractivity (Wildman–Crippen MR) is 114 cm³/mol. The van der Waals surface area contributed by atoms with Gasteiger partial charge >= 0.3 is 0 Å². The van der Waals surface area contributed by atoms with Crippen LogP contribution < -0.4 is 0 Å². The highest BCUT2D eigenvalue weighted by atomic mass is 35.5. The fraction of sp³-hybridized carbons (Fsp3) is 0.571. The zero-order valence-corrected chi connectivity index (χ0v) is 18.1. The molecule has 0 amide bonds. The monoisotopic (exact) mass is 402 g/mol. The van der Waals surface area contributed by atoms with Crippen LogP contribution in [-0.2, 0) is 6.54 Å². The first kappa shape index (κ1) is 20.6. The van der Waals surface area contributed by atoms with Crippen molar-refractivity contribution < 1.29 is 0 Å². The van der Waals surface area contributed by atoms with Crippen LogP contribution in [0.1, 0.15) is 68.1 Å². The SMILES string of the molecule is Cc1nn(C(C)Cn2cncc2-c2cnn(C3CCCCC3)c2)c(C)c1C.Cl. The summed E-state index contributed by atoms with van der Waals surface area (Å²) in [5.74, 6) is 0. The van der Waals surface area contributed by atoms with Crippen molar-refractivity contribution in [3.63, 3.8) is 0 Å². The van der Waals surface area contributed by atoms with Gasteiger partial charge < -0.3 is 4.57 Å². The molecule has 1 saturated carbocycles. The van der Waals surface area contributed by atoms with E-state index >= 15 is 0 Å². The number of imidazole rings is 1. The fourth-order valence-electron chi connectivity index (χ4n) is 4.26. The summed E-state index contributed by atoms with van der Waals surface area (Å²) >= 11 is 0. The Morgan fingerprint density at radius 1 is 1.11 bits per heavy atom. The summed E-state index contributed by atoms with van der Waals surface area (Å²) in [5, 5.41) is 9.39. The van der Waals surface area contributed by atoms with Crippen LogP contribution in [0.3, 0.4) is 0 Å². The second-order valence-corrected chi connectivity index (χ2v) is 8.02. The largest absolute Gasteiger partial charge is 0.328 e. The molecule has 0 aromatic carbocycles. The highest BCUT2D eigenvalue weighted by Crippen LogP contribution is 2.29. The molecular weight excluding hydrogens is 372 g/mol. The molecule has 3 heterocycles. The highest BCUT2D eigenvalue weighted by molar-refractivity contribution is 5.85. The third kappa shape index (κ3) is 3.88. The molecule has 28 heavy (non-hydrogen) atoms. The van der Waals surface area contributed by atoms with E-state index in [1.54, 1.807) is 0 Å². The summed E-state index contributed by atoms with van der Waals surface area (Å²) < 4.78 is 6.53. The van der Waals surface area contributed by atoms with E-state index in [9.17, 15) is 0 Å². The smallest absolute Gasteiger partial charge is 0.0951 e. The van der Waals surface area contributed by atoms with E-state index in [0.717, 1.165) is 23.5 Å². The van der Waals surface area contributed by atoms with Gasteiger partial charge in [-0.25, -0.2) is 4.98 Å². The summed E-state index contributed by atoms with van der Waals surface area (Å²) in [5.41, 5.74) is 5.91. The molecule has 0 radical (unpaired) electrons. The number of halogens is 1. The maximum absolute atomic E-state index is 4.72. The molecule has 1 atom stereocenters. The molecule has 1 aliphatic carbocycles. The van der Waals surface area contributed by atoms with Gasteiger partial charge in [-0.3, -0.25) is 9.36 Å². The standard InChI is InChI=1S/C21H30N6.ClH/c1-15(27-18(4)16(2)17(3)24-27)12-25-14-22-11-21(25)19-10-23-26(13-19)20-8-6-5-7-9-20;/h10-11,13-15,20H,5-9,12H2,1-4H3;1H. The van der Waals surface area contributed by atoms with E-state index in [4.69, 9.17) is 5.10 Å². The summed E-state index contributed by atoms with van der Waals surface area (Å²) in [6, 6.07) is 0.819. The maximum atomic E-state index is 4.72. The van der Waals surface area contributed by atoms with Gasteiger partial charge in [-0.2, -0.15) is 10.2 Å². The summed E-state index contributed by atoms with van der Waals surface area (Å²) in [6.45, 7) is 9.42. The average Bonchev–Trinajstić information content (AvgIpc) is 3.39. The lowest BCUT2D eigenvalue weighted by molar-refractivity contribution is 0.329. The zero-order valence-electron chi connectivity index (χ0n) is 17.3. The molecule has 0 aliphatic heterocycles. The summed E-state index contributed by atoms with van der Waals surface area (Å²) in [7, 11) is 0. The van der Waals surface area contributed by atoms with Crippen molar-refractivity contribution >= 4 is 12.4 Å². The molecule has 0 bridgehead atoms. The molecule has 4 rings (SSSR count). The van der Waals surface area contributed by atoms with Crippen LogP contribution in [0.15, 0.2) is 24.9 Å². The van der Waals surface area contributed by atoms with Gasteiger partial charge in [0.15, 0.2) is 0 Å². The molecular formula is C21H31ClN6. The summed E-state index contributed by atoms with van der Waals surface area (Å²) in [4.78, 5) is 4.41. The lowest BCUT2D eigenvalue weighted by Gasteiger charge is -2.21. The van der Waals surface area contributed by atoms with E-state index < -0.39 is 0 Å². The van der Waals surface area contributed by atoms with Crippen LogP contribution in [0.25, 0.3) is 11.3 Å². The minimum absolute atomic E-state index is 0. The van der Waals surface area contributed by atoms with E-state index in [-0.39, 0.29) is 18.4 Å².